The lowest BCUT2D eigenvalue weighted by Gasteiger charge is -2.34. The Labute approximate surface area is 159 Å². The van der Waals surface area contributed by atoms with Gasteiger partial charge in [-0.05, 0) is 24.8 Å². The minimum absolute atomic E-state index is 0.339. The summed E-state index contributed by atoms with van der Waals surface area (Å²) < 4.78 is 30.4. The van der Waals surface area contributed by atoms with Crippen molar-refractivity contribution in [2.75, 3.05) is 57.0 Å². The van der Waals surface area contributed by atoms with Crippen LogP contribution in [0.2, 0.25) is 0 Å². The van der Waals surface area contributed by atoms with Gasteiger partial charge in [0.05, 0.1) is 24.7 Å². The molecule has 2 aliphatic rings. The van der Waals surface area contributed by atoms with Gasteiger partial charge < -0.3 is 19.6 Å². The normalized spacial score (nSPS) is 19.9. The maximum atomic E-state index is 11.6. The van der Waals surface area contributed by atoms with E-state index in [4.69, 9.17) is 9.84 Å². The number of carbonyl (C=O) groups is 1. The van der Waals surface area contributed by atoms with Gasteiger partial charge in [-0.3, -0.25) is 0 Å². The van der Waals surface area contributed by atoms with Crippen LogP contribution in [0.3, 0.4) is 0 Å². The molecule has 0 saturated carbocycles. The minimum Gasteiger partial charge on any atom is -0.477 e. The van der Waals surface area contributed by atoms with Crippen LogP contribution in [-0.2, 0) is 10.0 Å². The van der Waals surface area contributed by atoms with Gasteiger partial charge >= 0.3 is 6.09 Å². The molecule has 0 aliphatic carbocycles. The molecule has 1 aromatic rings. The summed E-state index contributed by atoms with van der Waals surface area (Å²) in [5.74, 6) is 0.889. The summed E-state index contributed by atoms with van der Waals surface area (Å²) >= 11 is 0. The molecule has 0 atom stereocenters. The number of pyridine rings is 1. The number of sulfonamides is 1. The molecule has 0 aromatic carbocycles. The van der Waals surface area contributed by atoms with E-state index in [1.165, 1.54) is 15.5 Å². The zero-order valence-corrected chi connectivity index (χ0v) is 16.3. The molecule has 3 rings (SSSR count). The van der Waals surface area contributed by atoms with Gasteiger partial charge in [0.1, 0.15) is 0 Å². The average molecular weight is 398 g/mol. The monoisotopic (exact) mass is 398 g/mol. The van der Waals surface area contributed by atoms with E-state index in [1.54, 1.807) is 6.20 Å². The molecular weight excluding hydrogens is 372 g/mol. The number of hydrogen-bond acceptors (Lipinski definition) is 6. The number of ether oxygens (including phenoxy) is 1. The van der Waals surface area contributed by atoms with Gasteiger partial charge in [-0.25, -0.2) is 18.2 Å². The number of piperidine rings is 1. The van der Waals surface area contributed by atoms with Crippen LogP contribution in [0.15, 0.2) is 18.3 Å². The second-order valence-electron chi connectivity index (χ2n) is 7.03. The Morgan fingerprint density at radius 3 is 2.37 bits per heavy atom. The quantitative estimate of drug-likeness (QED) is 0.787. The molecule has 10 heteroatoms. The predicted octanol–water partition coefficient (Wildman–Crippen LogP) is 0.932. The van der Waals surface area contributed by atoms with E-state index in [1.807, 2.05) is 12.1 Å². The molecule has 3 heterocycles. The predicted molar refractivity (Wildman–Crippen MR) is 101 cm³/mol. The molecule has 2 saturated heterocycles. The summed E-state index contributed by atoms with van der Waals surface area (Å²) in [6.45, 7) is 3.86. The van der Waals surface area contributed by atoms with Gasteiger partial charge in [0, 0.05) is 45.3 Å². The van der Waals surface area contributed by atoms with Crippen molar-refractivity contribution in [3.8, 4) is 5.88 Å². The first kappa shape index (κ1) is 19.7. The molecule has 2 aliphatic heterocycles. The highest BCUT2D eigenvalue weighted by Crippen LogP contribution is 2.21. The third-order valence-electron chi connectivity index (χ3n) is 5.15. The van der Waals surface area contributed by atoms with Crippen molar-refractivity contribution in [3.63, 3.8) is 0 Å². The largest absolute Gasteiger partial charge is 0.477 e. The number of carboxylic acid groups (broad SMARTS) is 1. The lowest BCUT2D eigenvalue weighted by Crippen LogP contribution is -2.48. The number of hydrogen-bond donors (Lipinski definition) is 1. The molecule has 1 N–H and O–H groups in total. The molecule has 0 bridgehead atoms. The molecule has 0 unspecified atom stereocenters. The molecule has 1 aromatic heterocycles. The standard InChI is InChI=1S/C17H26N4O5S/c1-27(24,25)21-10-8-19(9-11-21)15-2-3-16(18-12-15)26-13-14-4-6-20(7-5-14)17(22)23/h2-3,12,14H,4-11,13H2,1H3,(H,22,23). The number of amides is 1. The Morgan fingerprint density at radius 1 is 1.19 bits per heavy atom. The maximum absolute atomic E-state index is 11.6. The number of nitrogens with zero attached hydrogens (tertiary/aromatic N) is 4. The SMILES string of the molecule is CS(=O)(=O)N1CCN(c2ccc(OCC3CCN(C(=O)O)CC3)nc2)CC1. The zero-order valence-electron chi connectivity index (χ0n) is 15.5. The van der Waals surface area contributed by atoms with E-state index in [0.717, 1.165) is 18.5 Å². The van der Waals surface area contributed by atoms with Crippen molar-refractivity contribution in [3.05, 3.63) is 18.3 Å². The molecule has 2 fully saturated rings. The summed E-state index contributed by atoms with van der Waals surface area (Å²) in [6, 6.07) is 3.76. The fourth-order valence-corrected chi connectivity index (χ4v) is 4.24. The van der Waals surface area contributed by atoms with E-state index < -0.39 is 16.1 Å². The lowest BCUT2D eigenvalue weighted by molar-refractivity contribution is 0.111. The van der Waals surface area contributed by atoms with E-state index >= 15 is 0 Å². The van der Waals surface area contributed by atoms with Crippen LogP contribution >= 0.6 is 0 Å². The summed E-state index contributed by atoms with van der Waals surface area (Å²) in [5, 5.41) is 8.97. The lowest BCUT2D eigenvalue weighted by atomic mass is 9.98. The average Bonchev–Trinajstić information content (AvgIpc) is 2.66. The number of piperazine rings is 1. The summed E-state index contributed by atoms with van der Waals surface area (Å²) in [7, 11) is -3.13. The van der Waals surface area contributed by atoms with Gasteiger partial charge in [0.2, 0.25) is 15.9 Å². The number of rotatable bonds is 5. The Hall–Kier alpha value is -2.07. The second kappa shape index (κ2) is 8.30. The topological polar surface area (TPSA) is 103 Å². The third-order valence-corrected chi connectivity index (χ3v) is 6.45. The van der Waals surface area contributed by atoms with Gasteiger partial charge in [-0.2, -0.15) is 4.31 Å². The van der Waals surface area contributed by atoms with Crippen molar-refractivity contribution in [1.82, 2.24) is 14.2 Å². The van der Waals surface area contributed by atoms with Gasteiger partial charge in [0.25, 0.3) is 0 Å². The first-order valence-electron chi connectivity index (χ1n) is 9.10. The highest BCUT2D eigenvalue weighted by atomic mass is 32.2. The second-order valence-corrected chi connectivity index (χ2v) is 9.01. The molecule has 0 spiro atoms. The van der Waals surface area contributed by atoms with Crippen molar-refractivity contribution < 1.29 is 23.1 Å². The van der Waals surface area contributed by atoms with Crippen LogP contribution in [0.1, 0.15) is 12.8 Å². The van der Waals surface area contributed by atoms with Gasteiger partial charge in [-0.15, -0.1) is 0 Å². The highest BCUT2D eigenvalue weighted by Gasteiger charge is 2.24. The molecule has 0 radical (unpaired) electrons. The van der Waals surface area contributed by atoms with Crippen molar-refractivity contribution >= 4 is 21.8 Å². The maximum Gasteiger partial charge on any atom is 0.407 e. The van der Waals surface area contributed by atoms with Gasteiger partial charge in [0.15, 0.2) is 0 Å². The van der Waals surface area contributed by atoms with E-state index in [0.29, 0.717) is 57.7 Å². The minimum atomic E-state index is -3.13. The number of likely N-dealkylation sites (tertiary alicyclic amines) is 1. The summed E-state index contributed by atoms with van der Waals surface area (Å²) in [6.07, 6.45) is 3.73. The Morgan fingerprint density at radius 2 is 1.85 bits per heavy atom. The molecule has 27 heavy (non-hydrogen) atoms. The molecular formula is C17H26N4O5S. The third kappa shape index (κ3) is 5.23. The smallest absolute Gasteiger partial charge is 0.407 e. The highest BCUT2D eigenvalue weighted by molar-refractivity contribution is 7.88. The Kier molecular flexibility index (Phi) is 6.05. The Balaban J connectivity index is 1.45. The van der Waals surface area contributed by atoms with Crippen LogP contribution in [0, 0.1) is 5.92 Å². The van der Waals surface area contributed by atoms with Crippen molar-refractivity contribution in [1.29, 1.82) is 0 Å². The van der Waals surface area contributed by atoms with Crippen LogP contribution in [0.4, 0.5) is 10.5 Å². The first-order chi connectivity index (χ1) is 12.8. The summed E-state index contributed by atoms with van der Waals surface area (Å²) in [4.78, 5) is 18.8. The number of anilines is 1. The molecule has 150 valence electrons. The molecule has 9 nitrogen and oxygen atoms in total. The van der Waals surface area contributed by atoms with E-state index in [2.05, 4.69) is 9.88 Å². The van der Waals surface area contributed by atoms with Crippen LogP contribution in [0.5, 0.6) is 5.88 Å². The van der Waals surface area contributed by atoms with Gasteiger partial charge in [-0.1, -0.05) is 0 Å². The van der Waals surface area contributed by atoms with Crippen LogP contribution in [-0.4, -0.2) is 85.9 Å². The van der Waals surface area contributed by atoms with Crippen molar-refractivity contribution in [2.45, 2.75) is 12.8 Å². The van der Waals surface area contributed by atoms with Crippen molar-refractivity contribution in [2.24, 2.45) is 5.92 Å². The Bertz CT molecular complexity index is 739. The summed E-state index contributed by atoms with van der Waals surface area (Å²) in [5.41, 5.74) is 0.949. The molecule has 1 amide bonds. The zero-order chi connectivity index (χ0) is 19.4. The van der Waals surface area contributed by atoms with Crippen LogP contribution < -0.4 is 9.64 Å². The van der Waals surface area contributed by atoms with E-state index in [9.17, 15) is 13.2 Å². The number of aromatic nitrogens is 1. The first-order valence-corrected chi connectivity index (χ1v) is 10.9. The van der Waals surface area contributed by atoms with E-state index in [-0.39, 0.29) is 0 Å². The fraction of sp³-hybridized carbons (Fsp3) is 0.647. The van der Waals surface area contributed by atoms with Crippen LogP contribution in [0.25, 0.3) is 0 Å². The fourth-order valence-electron chi connectivity index (χ4n) is 3.42.